The van der Waals surface area contributed by atoms with E-state index in [4.69, 9.17) is 0 Å². The van der Waals surface area contributed by atoms with Crippen LogP contribution in [0.15, 0.2) is 54.6 Å². The summed E-state index contributed by atoms with van der Waals surface area (Å²) in [6.07, 6.45) is 2.21. The normalized spacial score (nSPS) is 12.2. The van der Waals surface area contributed by atoms with Crippen molar-refractivity contribution < 1.29 is 0 Å². The third-order valence-corrected chi connectivity index (χ3v) is 9.08. The lowest BCUT2D eigenvalue weighted by molar-refractivity contribution is 1.35. The van der Waals surface area contributed by atoms with Gasteiger partial charge < -0.3 is 0 Å². The topological polar surface area (TPSA) is 3.24 Å². The van der Waals surface area contributed by atoms with Crippen LogP contribution in [0, 0.1) is 34.6 Å². The van der Waals surface area contributed by atoms with Gasteiger partial charge >= 0.3 is 0 Å². The fraction of sp³-hybridized carbons (Fsp3) is 0.214. The van der Waals surface area contributed by atoms with Crippen LogP contribution in [0.3, 0.4) is 0 Å². The van der Waals surface area contributed by atoms with Crippen LogP contribution in [-0.4, -0.2) is 20.8 Å². The van der Waals surface area contributed by atoms with Crippen LogP contribution in [0.5, 0.6) is 0 Å². The van der Waals surface area contributed by atoms with E-state index in [2.05, 4.69) is 99.8 Å². The van der Waals surface area contributed by atoms with E-state index in [1.54, 1.807) is 0 Å². The zero-order valence-electron chi connectivity index (χ0n) is 20.4. The molecule has 0 spiro atoms. The zero-order chi connectivity index (χ0) is 23.3. The van der Waals surface area contributed by atoms with E-state index >= 15 is 0 Å². The van der Waals surface area contributed by atoms with Gasteiger partial charge in [-0.25, -0.2) is 0 Å². The first-order valence-electron chi connectivity index (χ1n) is 11.6. The van der Waals surface area contributed by atoms with Crippen molar-refractivity contribution in [3.63, 3.8) is 0 Å². The maximum absolute atomic E-state index is 2.49. The molecule has 5 rings (SSSR count). The van der Waals surface area contributed by atoms with Crippen LogP contribution in [0.4, 0.5) is 11.4 Å². The molecule has 0 amide bonds. The van der Waals surface area contributed by atoms with Crippen molar-refractivity contribution in [3.05, 3.63) is 82.4 Å². The van der Waals surface area contributed by atoms with Gasteiger partial charge in [0.05, 0.1) is 5.69 Å². The first kappa shape index (κ1) is 22.4. The van der Waals surface area contributed by atoms with Crippen LogP contribution in [0.2, 0.25) is 0 Å². The average Bonchev–Trinajstić information content (AvgIpc) is 3.09. The highest BCUT2D eigenvalue weighted by molar-refractivity contribution is 8.00. The number of rotatable bonds is 4. The lowest BCUT2D eigenvalue weighted by Crippen LogP contribution is -2.39. The Morgan fingerprint density at radius 1 is 0.848 bits per heavy atom. The third kappa shape index (κ3) is 3.86. The minimum atomic E-state index is 1.02. The molecule has 0 aliphatic carbocycles. The Morgan fingerprint density at radius 2 is 1.55 bits per heavy atom. The summed E-state index contributed by atoms with van der Waals surface area (Å²) in [5.41, 5.74) is 15.3. The van der Waals surface area contributed by atoms with Crippen molar-refractivity contribution in [2.24, 2.45) is 0 Å². The van der Waals surface area contributed by atoms with Gasteiger partial charge in [0.15, 0.2) is 0 Å². The number of benzene rings is 3. The zero-order valence-corrected chi connectivity index (χ0v) is 22.0. The standard InChI is InChI=1S/C28H29B2NS2/c1-16-10-7-8-13-22(16)29-27-20(5)26-28(33-27)30-25-19(4)14-21(15-23(25)31(26)32-6)24-17(2)11-9-12-18(24)3/h7-15,29-30H,1-6H3. The monoisotopic (exact) mass is 465 g/mol. The van der Waals surface area contributed by atoms with Crippen LogP contribution in [0.1, 0.15) is 27.8 Å². The molecule has 33 heavy (non-hydrogen) atoms. The van der Waals surface area contributed by atoms with E-state index in [0.29, 0.717) is 0 Å². The van der Waals surface area contributed by atoms with Gasteiger partial charge in [-0.2, -0.15) is 11.3 Å². The largest absolute Gasteiger partial charge is 0.285 e. The van der Waals surface area contributed by atoms with Crippen molar-refractivity contribution in [2.75, 3.05) is 10.6 Å². The molecular formula is C28H29B2NS2. The molecule has 0 radical (unpaired) electrons. The molecule has 0 unspecified atom stereocenters. The van der Waals surface area contributed by atoms with Gasteiger partial charge in [0, 0.05) is 11.9 Å². The summed E-state index contributed by atoms with van der Waals surface area (Å²) in [5, 5.41) is 0. The van der Waals surface area contributed by atoms with E-state index in [-0.39, 0.29) is 0 Å². The van der Waals surface area contributed by atoms with Crippen molar-refractivity contribution in [1.29, 1.82) is 0 Å². The summed E-state index contributed by atoms with van der Waals surface area (Å²) in [4.78, 5) is 0. The number of hydrogen-bond donors (Lipinski definition) is 0. The smallest absolute Gasteiger partial charge is 0.211 e. The second-order valence-electron chi connectivity index (χ2n) is 9.24. The molecule has 5 heteroatoms. The molecule has 0 fully saturated rings. The Morgan fingerprint density at radius 3 is 2.24 bits per heavy atom. The summed E-state index contributed by atoms with van der Waals surface area (Å²) in [7, 11) is 2.04. The minimum Gasteiger partial charge on any atom is -0.285 e. The van der Waals surface area contributed by atoms with Gasteiger partial charge in [0.2, 0.25) is 14.6 Å². The number of fused-ring (bicyclic) bond motifs is 2. The predicted molar refractivity (Wildman–Crippen MR) is 155 cm³/mol. The molecule has 1 nitrogen and oxygen atoms in total. The molecular weight excluding hydrogens is 436 g/mol. The second-order valence-corrected chi connectivity index (χ2v) is 11.2. The van der Waals surface area contributed by atoms with E-state index in [9.17, 15) is 0 Å². The minimum absolute atomic E-state index is 1.02. The maximum atomic E-state index is 2.49. The molecule has 1 aromatic heterocycles. The van der Waals surface area contributed by atoms with E-state index in [0.717, 1.165) is 14.6 Å². The molecule has 2 heterocycles. The maximum Gasteiger partial charge on any atom is 0.211 e. The second kappa shape index (κ2) is 8.77. The highest BCUT2D eigenvalue weighted by Gasteiger charge is 2.30. The molecule has 164 valence electrons. The molecule has 4 aromatic rings. The average molecular weight is 465 g/mol. The molecule has 1 aliphatic heterocycles. The van der Waals surface area contributed by atoms with Crippen LogP contribution >= 0.6 is 23.3 Å². The molecule has 1 aliphatic rings. The fourth-order valence-corrected chi connectivity index (χ4v) is 7.42. The molecule has 0 bridgehead atoms. The van der Waals surface area contributed by atoms with Gasteiger partial charge in [0.1, 0.15) is 0 Å². The number of nitrogens with zero attached hydrogens (tertiary/aromatic N) is 1. The lowest BCUT2D eigenvalue weighted by atomic mass is 9.62. The molecule has 3 aromatic carbocycles. The van der Waals surface area contributed by atoms with Crippen LogP contribution in [0.25, 0.3) is 11.1 Å². The first-order chi connectivity index (χ1) is 15.9. The molecule has 0 N–H and O–H groups in total. The van der Waals surface area contributed by atoms with Gasteiger partial charge in [-0.1, -0.05) is 70.6 Å². The van der Waals surface area contributed by atoms with Gasteiger partial charge in [-0.15, -0.1) is 0 Å². The quantitative estimate of drug-likeness (QED) is 0.324. The molecule has 0 atom stereocenters. The summed E-state index contributed by atoms with van der Waals surface area (Å²) in [6, 6.07) is 20.2. The van der Waals surface area contributed by atoms with E-state index < -0.39 is 0 Å². The summed E-state index contributed by atoms with van der Waals surface area (Å²) >= 11 is 3.84. The Bertz CT molecular complexity index is 1350. The van der Waals surface area contributed by atoms with Crippen molar-refractivity contribution in [2.45, 2.75) is 34.6 Å². The SMILES string of the molecule is CSN1c2cc(-c3c(C)cccc3C)cc(C)c2Bc2sc(Bc3ccccc3C)c(C)c21. The highest BCUT2D eigenvalue weighted by Crippen LogP contribution is 2.39. The summed E-state index contributed by atoms with van der Waals surface area (Å²) in [6.45, 7) is 11.3. The highest BCUT2D eigenvalue weighted by atomic mass is 32.2. The van der Waals surface area contributed by atoms with Crippen molar-refractivity contribution in [3.8, 4) is 11.1 Å². The predicted octanol–water partition coefficient (Wildman–Crippen LogP) is 4.46. The Hall–Kier alpha value is -2.36. The van der Waals surface area contributed by atoms with Crippen molar-refractivity contribution >= 4 is 69.7 Å². The molecule has 0 saturated heterocycles. The van der Waals surface area contributed by atoms with Crippen LogP contribution < -0.4 is 24.8 Å². The Kier molecular flexibility index (Phi) is 5.96. The first-order valence-corrected chi connectivity index (χ1v) is 13.6. The summed E-state index contributed by atoms with van der Waals surface area (Å²) in [5.74, 6) is 0. The summed E-state index contributed by atoms with van der Waals surface area (Å²) < 4.78 is 5.49. The number of anilines is 2. The van der Waals surface area contributed by atoms with E-state index in [1.165, 1.54) is 70.8 Å². The number of hydrogen-bond acceptors (Lipinski definition) is 3. The Labute approximate surface area is 207 Å². The van der Waals surface area contributed by atoms with E-state index in [1.807, 2.05) is 23.3 Å². The van der Waals surface area contributed by atoms with Gasteiger partial charge in [-0.3, -0.25) is 4.31 Å². The molecule has 0 saturated carbocycles. The Balaban J connectivity index is 1.62. The third-order valence-electron chi connectivity index (χ3n) is 7.06. The number of aryl methyl sites for hydroxylation is 4. The van der Waals surface area contributed by atoms with Crippen molar-refractivity contribution in [1.82, 2.24) is 0 Å². The lowest BCUT2D eigenvalue weighted by Gasteiger charge is -2.31. The fourth-order valence-electron chi connectivity index (χ4n) is 5.24. The van der Waals surface area contributed by atoms with Gasteiger partial charge in [-0.05, 0) is 90.0 Å². The van der Waals surface area contributed by atoms with Crippen LogP contribution in [-0.2, 0) is 0 Å². The number of thiophene rings is 1. The van der Waals surface area contributed by atoms with Gasteiger partial charge in [0.25, 0.3) is 0 Å².